The van der Waals surface area contributed by atoms with Gasteiger partial charge in [0.1, 0.15) is 0 Å². The molecule has 0 radical (unpaired) electrons. The molecule has 0 atom stereocenters. The molecular formula is C23H20N4O3S. The van der Waals surface area contributed by atoms with Crippen LogP contribution in [0.5, 0.6) is 0 Å². The minimum atomic E-state index is -0.153. The van der Waals surface area contributed by atoms with Crippen LogP contribution in [0.15, 0.2) is 82.6 Å². The molecule has 4 rings (SSSR count). The summed E-state index contributed by atoms with van der Waals surface area (Å²) in [5.74, 6) is 1.26. The number of rotatable bonds is 8. The minimum Gasteiger partial charge on any atom is -0.461 e. The highest BCUT2D eigenvalue weighted by atomic mass is 32.2. The number of amides is 1. The number of Topliss-reactive ketones (excluding diaryl/α,β-unsaturated/α-hetero) is 1. The standard InChI is InChI=1S/C23H20N4O3S/c1-16(28)24-19-11-9-18(10-12-19)20(29)15-31-23-26-25-22(21-8-5-13-30-21)27(23)14-17-6-3-2-4-7-17/h2-13H,14-15H2,1H3,(H,24,28). The van der Waals surface area contributed by atoms with E-state index < -0.39 is 0 Å². The number of nitrogens with one attached hydrogen (secondary N) is 1. The minimum absolute atomic E-state index is 0.0341. The lowest BCUT2D eigenvalue weighted by Gasteiger charge is -2.09. The first-order valence-electron chi connectivity index (χ1n) is 9.65. The van der Waals surface area contributed by atoms with Crippen LogP contribution in [0.2, 0.25) is 0 Å². The van der Waals surface area contributed by atoms with E-state index in [0.29, 0.717) is 34.5 Å². The molecule has 0 aliphatic rings. The van der Waals surface area contributed by atoms with Crippen LogP contribution in [0, 0.1) is 0 Å². The van der Waals surface area contributed by atoms with Crippen LogP contribution >= 0.6 is 11.8 Å². The summed E-state index contributed by atoms with van der Waals surface area (Å²) in [5, 5.41) is 11.9. The highest BCUT2D eigenvalue weighted by Gasteiger charge is 2.18. The van der Waals surface area contributed by atoms with Crippen molar-refractivity contribution in [3.05, 3.63) is 84.1 Å². The van der Waals surface area contributed by atoms with Crippen LogP contribution < -0.4 is 5.32 Å². The van der Waals surface area contributed by atoms with Crippen LogP contribution in [-0.4, -0.2) is 32.2 Å². The van der Waals surface area contributed by atoms with E-state index in [9.17, 15) is 9.59 Å². The van der Waals surface area contributed by atoms with Crippen molar-refractivity contribution in [2.75, 3.05) is 11.1 Å². The van der Waals surface area contributed by atoms with E-state index in [0.717, 1.165) is 5.56 Å². The van der Waals surface area contributed by atoms with E-state index in [-0.39, 0.29) is 17.4 Å². The molecule has 0 aliphatic carbocycles. The predicted molar refractivity (Wildman–Crippen MR) is 119 cm³/mol. The van der Waals surface area contributed by atoms with Gasteiger partial charge in [0, 0.05) is 18.2 Å². The third-order valence-electron chi connectivity index (χ3n) is 4.50. The molecule has 2 aromatic heterocycles. The Morgan fingerprint density at radius 2 is 1.77 bits per heavy atom. The largest absolute Gasteiger partial charge is 0.461 e. The maximum atomic E-state index is 12.7. The van der Waals surface area contributed by atoms with Gasteiger partial charge in [-0.2, -0.15) is 0 Å². The van der Waals surface area contributed by atoms with E-state index in [4.69, 9.17) is 4.42 Å². The Labute approximate surface area is 183 Å². The van der Waals surface area contributed by atoms with E-state index in [2.05, 4.69) is 15.5 Å². The van der Waals surface area contributed by atoms with Crippen molar-refractivity contribution in [1.82, 2.24) is 14.8 Å². The fourth-order valence-electron chi connectivity index (χ4n) is 3.05. The Morgan fingerprint density at radius 1 is 1.00 bits per heavy atom. The van der Waals surface area contributed by atoms with Gasteiger partial charge >= 0.3 is 0 Å². The quantitative estimate of drug-likeness (QED) is 0.325. The lowest BCUT2D eigenvalue weighted by molar-refractivity contribution is -0.114. The summed E-state index contributed by atoms with van der Waals surface area (Å²) in [6.45, 7) is 2.00. The number of ketones is 1. The Balaban J connectivity index is 1.51. The lowest BCUT2D eigenvalue weighted by Crippen LogP contribution is -2.08. The summed E-state index contributed by atoms with van der Waals surface area (Å²) >= 11 is 1.33. The number of benzene rings is 2. The zero-order chi connectivity index (χ0) is 21.6. The SMILES string of the molecule is CC(=O)Nc1ccc(C(=O)CSc2nnc(-c3ccco3)n2Cc2ccccc2)cc1. The molecular weight excluding hydrogens is 412 g/mol. The monoisotopic (exact) mass is 432 g/mol. The van der Waals surface area contributed by atoms with Gasteiger partial charge in [-0.05, 0) is 42.0 Å². The highest BCUT2D eigenvalue weighted by Crippen LogP contribution is 2.26. The zero-order valence-corrected chi connectivity index (χ0v) is 17.6. The van der Waals surface area contributed by atoms with Gasteiger partial charge < -0.3 is 9.73 Å². The number of carbonyl (C=O) groups is 2. The van der Waals surface area contributed by atoms with E-state index in [1.54, 1.807) is 36.6 Å². The van der Waals surface area contributed by atoms with E-state index in [1.165, 1.54) is 18.7 Å². The number of carbonyl (C=O) groups excluding carboxylic acids is 2. The van der Waals surface area contributed by atoms with E-state index in [1.807, 2.05) is 41.0 Å². The number of thioether (sulfide) groups is 1. The Morgan fingerprint density at radius 3 is 2.45 bits per heavy atom. The summed E-state index contributed by atoms with van der Waals surface area (Å²) in [5.41, 5.74) is 2.32. The third-order valence-corrected chi connectivity index (χ3v) is 5.47. The van der Waals surface area contributed by atoms with Gasteiger partial charge in [0.2, 0.25) is 11.7 Å². The van der Waals surface area contributed by atoms with Crippen molar-refractivity contribution in [3.63, 3.8) is 0 Å². The summed E-state index contributed by atoms with van der Waals surface area (Å²) in [4.78, 5) is 23.8. The molecule has 2 heterocycles. The molecule has 0 aliphatic heterocycles. The van der Waals surface area contributed by atoms with Gasteiger partial charge in [-0.3, -0.25) is 14.2 Å². The number of hydrogen-bond donors (Lipinski definition) is 1. The molecule has 0 spiro atoms. The number of furan rings is 1. The van der Waals surface area contributed by atoms with Gasteiger partial charge in [0.25, 0.3) is 0 Å². The predicted octanol–water partition coefficient (Wildman–Crippen LogP) is 4.52. The third kappa shape index (κ3) is 5.10. The normalized spacial score (nSPS) is 10.7. The average Bonchev–Trinajstić information content (AvgIpc) is 3.43. The first-order chi connectivity index (χ1) is 15.1. The topological polar surface area (TPSA) is 90.0 Å². The molecule has 8 heteroatoms. The molecule has 156 valence electrons. The highest BCUT2D eigenvalue weighted by molar-refractivity contribution is 7.99. The summed E-state index contributed by atoms with van der Waals surface area (Å²) < 4.78 is 7.47. The van der Waals surface area contributed by atoms with Gasteiger partial charge in [0.15, 0.2) is 16.7 Å². The Kier molecular flexibility index (Phi) is 6.28. The van der Waals surface area contributed by atoms with Crippen molar-refractivity contribution >= 4 is 29.1 Å². The van der Waals surface area contributed by atoms with Crippen molar-refractivity contribution in [2.45, 2.75) is 18.6 Å². The van der Waals surface area contributed by atoms with Crippen LogP contribution in [0.4, 0.5) is 5.69 Å². The van der Waals surface area contributed by atoms with Crippen LogP contribution in [0.25, 0.3) is 11.6 Å². The fraction of sp³-hybridized carbons (Fsp3) is 0.130. The second-order valence-electron chi connectivity index (χ2n) is 6.83. The van der Waals surface area contributed by atoms with Crippen molar-refractivity contribution in [2.24, 2.45) is 0 Å². The first-order valence-corrected chi connectivity index (χ1v) is 10.6. The molecule has 2 aromatic carbocycles. The lowest BCUT2D eigenvalue weighted by atomic mass is 10.1. The Hall–Kier alpha value is -3.65. The molecule has 7 nitrogen and oxygen atoms in total. The smallest absolute Gasteiger partial charge is 0.221 e. The Bertz CT molecular complexity index is 1170. The van der Waals surface area contributed by atoms with Crippen molar-refractivity contribution < 1.29 is 14.0 Å². The van der Waals surface area contributed by atoms with E-state index >= 15 is 0 Å². The molecule has 0 bridgehead atoms. The summed E-state index contributed by atoms with van der Waals surface area (Å²) in [6.07, 6.45) is 1.60. The molecule has 1 N–H and O–H groups in total. The van der Waals surface area contributed by atoms with Crippen LogP contribution in [0.1, 0.15) is 22.8 Å². The maximum Gasteiger partial charge on any atom is 0.221 e. The van der Waals surface area contributed by atoms with Crippen LogP contribution in [-0.2, 0) is 11.3 Å². The first kappa shape index (κ1) is 20.6. The summed E-state index contributed by atoms with van der Waals surface area (Å²) in [7, 11) is 0. The number of anilines is 1. The van der Waals surface area contributed by atoms with Crippen molar-refractivity contribution in [1.29, 1.82) is 0 Å². The van der Waals surface area contributed by atoms with Gasteiger partial charge in [-0.15, -0.1) is 10.2 Å². The average molecular weight is 433 g/mol. The molecule has 31 heavy (non-hydrogen) atoms. The second-order valence-corrected chi connectivity index (χ2v) is 7.77. The molecule has 0 unspecified atom stereocenters. The molecule has 0 saturated heterocycles. The maximum absolute atomic E-state index is 12.7. The number of hydrogen-bond acceptors (Lipinski definition) is 6. The number of aromatic nitrogens is 3. The van der Waals surface area contributed by atoms with Crippen LogP contribution in [0.3, 0.4) is 0 Å². The molecule has 4 aromatic rings. The van der Waals surface area contributed by atoms with Gasteiger partial charge in [0.05, 0.1) is 18.6 Å². The summed E-state index contributed by atoms with van der Waals surface area (Å²) in [6, 6.07) is 20.5. The van der Waals surface area contributed by atoms with Crippen molar-refractivity contribution in [3.8, 4) is 11.6 Å². The molecule has 0 fully saturated rings. The molecule has 1 amide bonds. The zero-order valence-electron chi connectivity index (χ0n) is 16.8. The molecule has 0 saturated carbocycles. The fourth-order valence-corrected chi connectivity index (χ4v) is 3.88. The van der Waals surface area contributed by atoms with Gasteiger partial charge in [-0.25, -0.2) is 0 Å². The second kappa shape index (κ2) is 9.44. The van der Waals surface area contributed by atoms with Gasteiger partial charge in [-0.1, -0.05) is 42.1 Å². The number of nitrogens with zero attached hydrogens (tertiary/aromatic N) is 3.